The lowest BCUT2D eigenvalue weighted by Gasteiger charge is -2.36. The van der Waals surface area contributed by atoms with Crippen molar-refractivity contribution in [3.8, 4) is 0 Å². The van der Waals surface area contributed by atoms with Crippen LogP contribution in [0.15, 0.2) is 0 Å². The predicted molar refractivity (Wildman–Crippen MR) is 68.2 cm³/mol. The number of hydrogen-bond donors (Lipinski definition) is 2. The van der Waals surface area contributed by atoms with Crippen molar-refractivity contribution in [2.45, 2.75) is 31.4 Å². The lowest BCUT2D eigenvalue weighted by Crippen LogP contribution is -2.53. The third-order valence-electron chi connectivity index (χ3n) is 4.30. The van der Waals surface area contributed by atoms with Gasteiger partial charge in [0, 0.05) is 39.3 Å². The number of carbonyl (C=O) groups excluding carboxylic acids is 1. The Morgan fingerprint density at radius 1 is 1.22 bits per heavy atom. The molecule has 5 heteroatoms. The number of nitrogens with one attached hydrogen (secondary N) is 1. The summed E-state index contributed by atoms with van der Waals surface area (Å²) in [6, 6.07) is -0.157. The zero-order chi connectivity index (χ0) is 12.5. The summed E-state index contributed by atoms with van der Waals surface area (Å²) in [5.74, 6) is 1.11. The van der Waals surface area contributed by atoms with Crippen molar-refractivity contribution >= 4 is 5.91 Å². The summed E-state index contributed by atoms with van der Waals surface area (Å²) >= 11 is 0. The average molecular weight is 253 g/mol. The first-order chi connectivity index (χ1) is 8.72. The molecule has 0 radical (unpaired) electrons. The maximum atomic E-state index is 12.2. The van der Waals surface area contributed by atoms with Gasteiger partial charge in [0.2, 0.25) is 5.91 Å². The minimum atomic E-state index is -0.352. The van der Waals surface area contributed by atoms with Gasteiger partial charge >= 0.3 is 0 Å². The fraction of sp³-hybridized carbons (Fsp3) is 0.923. The van der Waals surface area contributed by atoms with Crippen LogP contribution in [0.2, 0.25) is 0 Å². The first-order valence-corrected chi connectivity index (χ1v) is 7.15. The van der Waals surface area contributed by atoms with Crippen LogP contribution in [0.4, 0.5) is 0 Å². The van der Waals surface area contributed by atoms with Crippen molar-refractivity contribution in [3.05, 3.63) is 0 Å². The second-order valence-corrected chi connectivity index (χ2v) is 5.92. The van der Waals surface area contributed by atoms with Gasteiger partial charge in [-0.3, -0.25) is 9.69 Å². The predicted octanol–water partition coefficient (Wildman–Crippen LogP) is -0.737. The summed E-state index contributed by atoms with van der Waals surface area (Å²) in [4.78, 5) is 16.7. The zero-order valence-electron chi connectivity index (χ0n) is 10.8. The number of hydrogen-bond acceptors (Lipinski definition) is 4. The van der Waals surface area contributed by atoms with Crippen LogP contribution in [0, 0.1) is 5.92 Å². The number of rotatable bonds is 3. The topological polar surface area (TPSA) is 55.8 Å². The summed E-state index contributed by atoms with van der Waals surface area (Å²) in [5, 5.41) is 12.6. The summed E-state index contributed by atoms with van der Waals surface area (Å²) in [5.41, 5.74) is 0. The van der Waals surface area contributed by atoms with Crippen molar-refractivity contribution in [2.75, 3.05) is 39.3 Å². The Hall–Kier alpha value is -0.650. The minimum Gasteiger partial charge on any atom is -0.392 e. The van der Waals surface area contributed by atoms with E-state index in [-0.39, 0.29) is 18.1 Å². The molecule has 0 bridgehead atoms. The van der Waals surface area contributed by atoms with Crippen LogP contribution in [-0.4, -0.2) is 72.2 Å². The van der Waals surface area contributed by atoms with E-state index in [9.17, 15) is 9.90 Å². The van der Waals surface area contributed by atoms with Gasteiger partial charge in [-0.1, -0.05) is 0 Å². The van der Waals surface area contributed by atoms with Gasteiger partial charge in [-0.05, 0) is 25.2 Å². The smallest absolute Gasteiger partial charge is 0.239 e. The Kier molecular flexibility index (Phi) is 3.54. The second kappa shape index (κ2) is 5.15. The first kappa shape index (κ1) is 12.4. The SMILES string of the molecule is O=C(C1CC(O)CN1)N1CCN(CC2CC2)CC1. The molecule has 2 heterocycles. The fourth-order valence-corrected chi connectivity index (χ4v) is 2.94. The highest BCUT2D eigenvalue weighted by Crippen LogP contribution is 2.29. The van der Waals surface area contributed by atoms with Gasteiger partial charge in [0.1, 0.15) is 0 Å². The summed E-state index contributed by atoms with van der Waals surface area (Å²) in [6.45, 7) is 5.50. The number of β-amino-alcohol motifs (C(OH)–C–C–N with tert-alkyl or cyclic N) is 1. The molecule has 102 valence electrons. The number of aliphatic hydroxyl groups excluding tert-OH is 1. The molecule has 1 saturated carbocycles. The number of amides is 1. The van der Waals surface area contributed by atoms with Crippen LogP contribution in [0.25, 0.3) is 0 Å². The molecule has 2 atom stereocenters. The summed E-state index contributed by atoms with van der Waals surface area (Å²) in [6.07, 6.45) is 3.00. The van der Waals surface area contributed by atoms with Gasteiger partial charge in [0.05, 0.1) is 12.1 Å². The molecule has 1 aliphatic carbocycles. The molecule has 0 spiro atoms. The highest BCUT2D eigenvalue weighted by atomic mass is 16.3. The van der Waals surface area contributed by atoms with Gasteiger partial charge in [-0.2, -0.15) is 0 Å². The van der Waals surface area contributed by atoms with Crippen LogP contribution >= 0.6 is 0 Å². The average Bonchev–Trinajstić information content (AvgIpc) is 3.09. The Balaban J connectivity index is 1.45. The molecule has 3 fully saturated rings. The van der Waals surface area contributed by atoms with Crippen LogP contribution < -0.4 is 5.32 Å². The van der Waals surface area contributed by atoms with Crippen LogP contribution in [0.3, 0.4) is 0 Å². The van der Waals surface area contributed by atoms with Crippen LogP contribution in [0.1, 0.15) is 19.3 Å². The molecule has 1 amide bonds. The fourth-order valence-electron chi connectivity index (χ4n) is 2.94. The third-order valence-corrected chi connectivity index (χ3v) is 4.30. The Bertz CT molecular complexity index is 311. The maximum absolute atomic E-state index is 12.2. The van der Waals surface area contributed by atoms with Crippen molar-refractivity contribution in [1.29, 1.82) is 0 Å². The van der Waals surface area contributed by atoms with Gasteiger partial charge in [0.15, 0.2) is 0 Å². The van der Waals surface area contributed by atoms with E-state index in [0.717, 1.165) is 32.1 Å². The van der Waals surface area contributed by atoms with Crippen LogP contribution in [-0.2, 0) is 4.79 Å². The standard InChI is InChI=1S/C13H23N3O2/c17-11-7-12(14-8-11)13(18)16-5-3-15(4-6-16)9-10-1-2-10/h10-12,14,17H,1-9H2. The molecule has 3 rings (SSSR count). The van der Waals surface area contributed by atoms with Crippen LogP contribution in [0.5, 0.6) is 0 Å². The monoisotopic (exact) mass is 253 g/mol. The molecule has 0 aromatic rings. The second-order valence-electron chi connectivity index (χ2n) is 5.92. The molecule has 5 nitrogen and oxygen atoms in total. The largest absolute Gasteiger partial charge is 0.392 e. The maximum Gasteiger partial charge on any atom is 0.239 e. The molecular weight excluding hydrogens is 230 g/mol. The van der Waals surface area contributed by atoms with E-state index in [1.54, 1.807) is 0 Å². The Morgan fingerprint density at radius 3 is 2.50 bits per heavy atom. The van der Waals surface area contributed by atoms with E-state index in [0.29, 0.717) is 13.0 Å². The number of nitrogens with zero attached hydrogens (tertiary/aromatic N) is 2. The number of aliphatic hydroxyl groups is 1. The normalized spacial score (nSPS) is 33.9. The Labute approximate surface area is 108 Å². The molecule has 18 heavy (non-hydrogen) atoms. The molecular formula is C13H23N3O2. The summed E-state index contributed by atoms with van der Waals surface area (Å²) in [7, 11) is 0. The molecule has 2 N–H and O–H groups in total. The number of piperazine rings is 1. The van der Waals surface area contributed by atoms with E-state index in [2.05, 4.69) is 10.2 Å². The quantitative estimate of drug-likeness (QED) is 0.696. The molecule has 2 aliphatic heterocycles. The molecule has 0 aromatic heterocycles. The van der Waals surface area contributed by atoms with E-state index in [1.807, 2.05) is 4.90 Å². The van der Waals surface area contributed by atoms with Gasteiger partial charge < -0.3 is 15.3 Å². The van der Waals surface area contributed by atoms with Crippen molar-refractivity contribution in [3.63, 3.8) is 0 Å². The Morgan fingerprint density at radius 2 is 1.94 bits per heavy atom. The number of carbonyl (C=O) groups is 1. The van der Waals surface area contributed by atoms with E-state index >= 15 is 0 Å². The van der Waals surface area contributed by atoms with E-state index in [4.69, 9.17) is 0 Å². The van der Waals surface area contributed by atoms with E-state index in [1.165, 1.54) is 19.4 Å². The van der Waals surface area contributed by atoms with Gasteiger partial charge in [-0.15, -0.1) is 0 Å². The van der Waals surface area contributed by atoms with E-state index < -0.39 is 0 Å². The van der Waals surface area contributed by atoms with Gasteiger partial charge in [-0.25, -0.2) is 0 Å². The lowest BCUT2D eigenvalue weighted by atomic mass is 10.1. The molecule has 0 aromatic carbocycles. The van der Waals surface area contributed by atoms with Crippen molar-refractivity contribution < 1.29 is 9.90 Å². The zero-order valence-corrected chi connectivity index (χ0v) is 10.8. The molecule has 3 aliphatic rings. The first-order valence-electron chi connectivity index (χ1n) is 7.15. The highest BCUT2D eigenvalue weighted by Gasteiger charge is 2.33. The van der Waals surface area contributed by atoms with Gasteiger partial charge in [0.25, 0.3) is 0 Å². The molecule has 2 saturated heterocycles. The highest BCUT2D eigenvalue weighted by molar-refractivity contribution is 5.82. The minimum absolute atomic E-state index is 0.157. The van der Waals surface area contributed by atoms with Crippen molar-refractivity contribution in [2.24, 2.45) is 5.92 Å². The third kappa shape index (κ3) is 2.84. The van der Waals surface area contributed by atoms with Crippen molar-refractivity contribution in [1.82, 2.24) is 15.1 Å². The summed E-state index contributed by atoms with van der Waals surface area (Å²) < 4.78 is 0. The molecule has 2 unspecified atom stereocenters. The lowest BCUT2D eigenvalue weighted by molar-refractivity contribution is -0.135.